The van der Waals surface area contributed by atoms with Crippen LogP contribution in [0.5, 0.6) is 0 Å². The van der Waals surface area contributed by atoms with Crippen LogP contribution in [0.15, 0.2) is 48.8 Å². The Morgan fingerprint density at radius 3 is 2.84 bits per heavy atom. The molecular weight excluding hydrogens is 403 g/mol. The predicted molar refractivity (Wildman–Crippen MR) is 115 cm³/mol. The molecule has 0 aliphatic carbocycles. The summed E-state index contributed by atoms with van der Waals surface area (Å²) in [6.45, 7) is 4.77. The van der Waals surface area contributed by atoms with E-state index in [9.17, 15) is 14.5 Å². The second-order valence-electron chi connectivity index (χ2n) is 7.45. The first-order valence-corrected chi connectivity index (χ1v) is 9.99. The van der Waals surface area contributed by atoms with Crippen LogP contribution in [0.4, 0.5) is 27.3 Å². The third-order valence-electron chi connectivity index (χ3n) is 5.03. The summed E-state index contributed by atoms with van der Waals surface area (Å²) in [5, 5.41) is 14.7. The molecule has 1 N–H and O–H groups in total. The van der Waals surface area contributed by atoms with Crippen molar-refractivity contribution in [2.45, 2.75) is 26.1 Å². The van der Waals surface area contributed by atoms with Gasteiger partial charge in [-0.25, -0.2) is 14.4 Å². The minimum absolute atomic E-state index is 0.0270. The molecule has 0 saturated carbocycles. The molecule has 162 valence electrons. The van der Waals surface area contributed by atoms with Gasteiger partial charge in [-0.3, -0.25) is 14.7 Å². The monoisotopic (exact) mass is 426 g/mol. The molecule has 10 heteroatoms. The Kier molecular flexibility index (Phi) is 5.81. The summed E-state index contributed by atoms with van der Waals surface area (Å²) in [6, 6.07) is 10.1. The van der Waals surface area contributed by atoms with Crippen molar-refractivity contribution < 1.29 is 14.1 Å². The number of benzene rings is 1. The Labute approximate surface area is 178 Å². The smallest absolute Gasteiger partial charge is 0.311 e. The fourth-order valence-electron chi connectivity index (χ4n) is 3.55. The van der Waals surface area contributed by atoms with Crippen molar-refractivity contribution in [3.8, 4) is 5.82 Å². The summed E-state index contributed by atoms with van der Waals surface area (Å²) in [4.78, 5) is 21.6. The van der Waals surface area contributed by atoms with E-state index in [0.717, 1.165) is 5.82 Å². The molecule has 3 aromatic rings. The summed E-state index contributed by atoms with van der Waals surface area (Å²) < 4.78 is 21.4. The van der Waals surface area contributed by atoms with Crippen LogP contribution in [-0.2, 0) is 4.74 Å². The van der Waals surface area contributed by atoms with Crippen molar-refractivity contribution in [1.82, 2.24) is 14.5 Å². The molecule has 0 bridgehead atoms. The molecule has 0 amide bonds. The number of nitrogens with one attached hydrogen (secondary N) is 1. The van der Waals surface area contributed by atoms with E-state index in [1.165, 1.54) is 6.07 Å². The molecule has 3 heterocycles. The molecule has 1 fully saturated rings. The average Bonchev–Trinajstić information content (AvgIpc) is 3.25. The highest BCUT2D eigenvalue weighted by molar-refractivity contribution is 5.77. The van der Waals surface area contributed by atoms with Crippen LogP contribution < -0.4 is 10.2 Å². The first kappa shape index (κ1) is 20.7. The molecule has 1 aliphatic heterocycles. The van der Waals surface area contributed by atoms with Crippen LogP contribution in [0.1, 0.15) is 25.6 Å². The lowest BCUT2D eigenvalue weighted by Crippen LogP contribution is -2.43. The normalized spacial score (nSPS) is 16.5. The maximum absolute atomic E-state index is 14.5. The lowest BCUT2D eigenvalue weighted by Gasteiger charge is -2.33. The summed E-state index contributed by atoms with van der Waals surface area (Å²) >= 11 is 0. The predicted octanol–water partition coefficient (Wildman–Crippen LogP) is 4.17. The Morgan fingerprint density at radius 2 is 2.10 bits per heavy atom. The van der Waals surface area contributed by atoms with Gasteiger partial charge in [0.1, 0.15) is 11.6 Å². The highest BCUT2D eigenvalue weighted by Crippen LogP contribution is 2.34. The largest absolute Gasteiger partial charge is 0.375 e. The summed E-state index contributed by atoms with van der Waals surface area (Å²) in [5.74, 6) is 1.51. The van der Waals surface area contributed by atoms with Gasteiger partial charge in [-0.05, 0) is 18.2 Å². The van der Waals surface area contributed by atoms with Gasteiger partial charge in [-0.2, -0.15) is 0 Å². The van der Waals surface area contributed by atoms with Crippen LogP contribution >= 0.6 is 0 Å². The van der Waals surface area contributed by atoms with E-state index in [-0.39, 0.29) is 24.0 Å². The minimum atomic E-state index is -1.30. The number of para-hydroxylation sites is 2. The van der Waals surface area contributed by atoms with Crippen LogP contribution in [-0.4, -0.2) is 45.5 Å². The second kappa shape index (κ2) is 8.68. The molecule has 1 saturated heterocycles. The van der Waals surface area contributed by atoms with Crippen LogP contribution in [0.25, 0.3) is 5.82 Å². The summed E-state index contributed by atoms with van der Waals surface area (Å²) in [7, 11) is 0. The summed E-state index contributed by atoms with van der Waals surface area (Å²) in [5.41, 5.74) is 0.934. The molecule has 9 nitrogen and oxygen atoms in total. The number of ether oxygens (including phenoxy) is 1. The molecule has 1 aliphatic rings. The van der Waals surface area contributed by atoms with Gasteiger partial charge in [0.2, 0.25) is 5.82 Å². The first-order valence-electron chi connectivity index (χ1n) is 9.99. The van der Waals surface area contributed by atoms with Crippen molar-refractivity contribution in [2.24, 2.45) is 0 Å². The average molecular weight is 426 g/mol. The molecule has 2 aromatic heterocycles. The molecule has 31 heavy (non-hydrogen) atoms. The number of nitrogens with zero attached hydrogens (tertiary/aromatic N) is 5. The van der Waals surface area contributed by atoms with Gasteiger partial charge in [0.15, 0.2) is 6.30 Å². The highest BCUT2D eigenvalue weighted by atomic mass is 19.1. The van der Waals surface area contributed by atoms with Gasteiger partial charge in [-0.1, -0.05) is 26.0 Å². The van der Waals surface area contributed by atoms with Gasteiger partial charge in [0.05, 0.1) is 29.5 Å². The number of hydrogen-bond donors (Lipinski definition) is 1. The zero-order chi connectivity index (χ0) is 22.0. The van der Waals surface area contributed by atoms with Gasteiger partial charge < -0.3 is 15.0 Å². The number of halogens is 1. The highest BCUT2D eigenvalue weighted by Gasteiger charge is 2.26. The van der Waals surface area contributed by atoms with E-state index in [1.54, 1.807) is 52.2 Å². The van der Waals surface area contributed by atoms with Crippen molar-refractivity contribution in [3.63, 3.8) is 0 Å². The van der Waals surface area contributed by atoms with E-state index < -0.39 is 11.2 Å². The molecule has 4 rings (SSSR count). The quantitative estimate of drug-likeness (QED) is 0.359. The Hall–Kier alpha value is -3.53. The minimum Gasteiger partial charge on any atom is -0.375 e. The lowest BCUT2D eigenvalue weighted by molar-refractivity contribution is -0.384. The number of anilines is 3. The van der Waals surface area contributed by atoms with Gasteiger partial charge in [-0.15, -0.1) is 0 Å². The van der Waals surface area contributed by atoms with Gasteiger partial charge in [0.25, 0.3) is 0 Å². The topological polar surface area (TPSA) is 98.3 Å². The fraction of sp³-hybridized carbons (Fsp3) is 0.333. The van der Waals surface area contributed by atoms with E-state index in [0.29, 0.717) is 30.3 Å². The second-order valence-corrected chi connectivity index (χ2v) is 7.45. The third-order valence-corrected chi connectivity index (χ3v) is 5.03. The van der Waals surface area contributed by atoms with Crippen LogP contribution in [0.3, 0.4) is 0 Å². The Morgan fingerprint density at radius 1 is 1.29 bits per heavy atom. The van der Waals surface area contributed by atoms with Crippen molar-refractivity contribution >= 4 is 22.9 Å². The number of morpholine rings is 1. The van der Waals surface area contributed by atoms with E-state index in [4.69, 9.17) is 4.74 Å². The van der Waals surface area contributed by atoms with Gasteiger partial charge >= 0.3 is 5.69 Å². The summed E-state index contributed by atoms with van der Waals surface area (Å²) in [6.07, 6.45) is 2.13. The van der Waals surface area contributed by atoms with Crippen molar-refractivity contribution in [2.75, 3.05) is 30.0 Å². The number of alkyl halides is 1. The molecule has 0 spiro atoms. The molecule has 1 unspecified atom stereocenters. The Balaban J connectivity index is 1.75. The van der Waals surface area contributed by atoms with Gasteiger partial charge in [0, 0.05) is 30.9 Å². The van der Waals surface area contributed by atoms with Crippen molar-refractivity contribution in [3.05, 3.63) is 64.7 Å². The number of rotatable bonds is 6. The third kappa shape index (κ3) is 4.19. The van der Waals surface area contributed by atoms with E-state index >= 15 is 0 Å². The standard InChI is InChI=1S/C21H23FN6O3/c1-14(2)21-23-9-10-27(21)19-8-7-17(28(29)30)20(25-19)24-15-5-3-4-6-16(15)26-11-12-31-13-18(26)22/h3-10,14,18H,11-13H2,1-2H3,(H,24,25). The maximum atomic E-state index is 14.5. The number of nitro groups is 1. The Bertz CT molecular complexity index is 1090. The van der Waals surface area contributed by atoms with E-state index in [1.807, 2.05) is 13.8 Å². The zero-order valence-electron chi connectivity index (χ0n) is 17.2. The molecular formula is C21H23FN6O3. The maximum Gasteiger partial charge on any atom is 0.311 e. The van der Waals surface area contributed by atoms with Crippen LogP contribution in [0, 0.1) is 10.1 Å². The fourth-order valence-corrected chi connectivity index (χ4v) is 3.55. The van der Waals surface area contributed by atoms with Crippen LogP contribution in [0.2, 0.25) is 0 Å². The lowest BCUT2D eigenvalue weighted by atomic mass is 10.2. The zero-order valence-corrected chi connectivity index (χ0v) is 17.2. The van der Waals surface area contributed by atoms with E-state index in [2.05, 4.69) is 15.3 Å². The SMILES string of the molecule is CC(C)c1nccn1-c1ccc([N+](=O)[O-])c(Nc2ccccc2N2CCOCC2F)n1. The molecule has 0 radical (unpaired) electrons. The number of hydrogen-bond acceptors (Lipinski definition) is 7. The molecule has 1 aromatic carbocycles. The number of imidazole rings is 1. The number of pyridine rings is 1. The first-order chi connectivity index (χ1) is 15.0. The van der Waals surface area contributed by atoms with Crippen molar-refractivity contribution in [1.29, 1.82) is 0 Å². The number of aromatic nitrogens is 3. The molecule has 1 atom stereocenters.